The van der Waals surface area contributed by atoms with Crippen LogP contribution in [0.5, 0.6) is 0 Å². The smallest absolute Gasteiger partial charge is 0.254 e. The highest BCUT2D eigenvalue weighted by molar-refractivity contribution is 5.49. The van der Waals surface area contributed by atoms with Gasteiger partial charge in [0.1, 0.15) is 0 Å². The van der Waals surface area contributed by atoms with Crippen LogP contribution in [0.25, 0.3) is 11.4 Å². The minimum Gasteiger partial charge on any atom is -0.290 e. The van der Waals surface area contributed by atoms with Gasteiger partial charge in [0.2, 0.25) is 0 Å². The number of nitrogens with zero attached hydrogens (tertiary/aromatic N) is 8. The molecule has 2 aromatic heterocycles. The zero-order valence-electron chi connectivity index (χ0n) is 11.9. The van der Waals surface area contributed by atoms with Crippen molar-refractivity contribution in [3.63, 3.8) is 0 Å². The number of aromatic nitrogens is 8. The summed E-state index contributed by atoms with van der Waals surface area (Å²) < 4.78 is 3.15. The Morgan fingerprint density at radius 2 is 1.04 bits per heavy atom. The average Bonchev–Trinajstić information content (AvgIpc) is 3.26. The molecule has 1 N–H and O–H groups in total. The summed E-state index contributed by atoms with van der Waals surface area (Å²) in [7, 11) is 0. The molecular formula is C14H11N9. The Balaban J connectivity index is 1.69. The highest BCUT2D eigenvalue weighted by atomic mass is 15.6. The van der Waals surface area contributed by atoms with Gasteiger partial charge in [-0.25, -0.2) is 0 Å². The van der Waals surface area contributed by atoms with Crippen molar-refractivity contribution in [3.8, 4) is 11.4 Å². The standard InChI is InChI=1S/C14H11N9/c1-3-7-11(8-4-1)22-13(16-18-20-22)15-14-17-19-21-23(14)12-9-5-2-6-10-12/h1-10H,(H,15,16,17,20,21). The van der Waals surface area contributed by atoms with Crippen LogP contribution in [0.2, 0.25) is 0 Å². The zero-order chi connectivity index (χ0) is 15.5. The number of hydrogen-bond acceptors (Lipinski definition) is 7. The molecule has 0 amide bonds. The van der Waals surface area contributed by atoms with Crippen molar-refractivity contribution >= 4 is 11.9 Å². The Morgan fingerprint density at radius 3 is 1.48 bits per heavy atom. The van der Waals surface area contributed by atoms with E-state index >= 15 is 0 Å². The van der Waals surface area contributed by atoms with Gasteiger partial charge in [-0.2, -0.15) is 9.36 Å². The molecule has 4 aromatic rings. The fourth-order valence-electron chi connectivity index (χ4n) is 2.12. The van der Waals surface area contributed by atoms with Crippen LogP contribution in [0, 0.1) is 0 Å². The summed E-state index contributed by atoms with van der Waals surface area (Å²) in [5, 5.41) is 26.4. The highest BCUT2D eigenvalue weighted by Crippen LogP contribution is 2.17. The van der Waals surface area contributed by atoms with Crippen molar-refractivity contribution in [2.75, 3.05) is 5.32 Å². The number of para-hydroxylation sites is 2. The van der Waals surface area contributed by atoms with Gasteiger partial charge in [-0.05, 0) is 45.1 Å². The van der Waals surface area contributed by atoms with Gasteiger partial charge in [-0.1, -0.05) is 46.6 Å². The van der Waals surface area contributed by atoms with Gasteiger partial charge in [0.05, 0.1) is 11.4 Å². The maximum Gasteiger partial charge on any atom is 0.254 e. The van der Waals surface area contributed by atoms with Gasteiger partial charge in [0.25, 0.3) is 11.9 Å². The maximum atomic E-state index is 3.98. The molecule has 0 aliphatic carbocycles. The van der Waals surface area contributed by atoms with E-state index in [9.17, 15) is 0 Å². The summed E-state index contributed by atoms with van der Waals surface area (Å²) in [6.07, 6.45) is 0. The fourth-order valence-corrected chi connectivity index (χ4v) is 2.12. The molecule has 0 atom stereocenters. The summed E-state index contributed by atoms with van der Waals surface area (Å²) in [6.45, 7) is 0. The van der Waals surface area contributed by atoms with Crippen LogP contribution < -0.4 is 5.32 Å². The van der Waals surface area contributed by atoms with E-state index in [1.807, 2.05) is 60.7 Å². The van der Waals surface area contributed by atoms with Crippen molar-refractivity contribution in [1.29, 1.82) is 0 Å². The van der Waals surface area contributed by atoms with Crippen LogP contribution in [0.4, 0.5) is 11.9 Å². The molecule has 0 unspecified atom stereocenters. The van der Waals surface area contributed by atoms with Crippen molar-refractivity contribution in [3.05, 3.63) is 60.7 Å². The van der Waals surface area contributed by atoms with Crippen molar-refractivity contribution < 1.29 is 0 Å². The van der Waals surface area contributed by atoms with Gasteiger partial charge in [0.15, 0.2) is 0 Å². The second kappa shape index (κ2) is 5.64. The molecule has 0 spiro atoms. The van der Waals surface area contributed by atoms with Gasteiger partial charge >= 0.3 is 0 Å². The Hall–Kier alpha value is -3.62. The Kier molecular flexibility index (Phi) is 3.20. The lowest BCUT2D eigenvalue weighted by atomic mass is 10.3. The van der Waals surface area contributed by atoms with Crippen LogP contribution in [0.3, 0.4) is 0 Å². The van der Waals surface area contributed by atoms with Gasteiger partial charge in [0, 0.05) is 0 Å². The molecule has 0 aliphatic heterocycles. The minimum absolute atomic E-state index is 0.420. The third kappa shape index (κ3) is 2.50. The Bertz CT molecular complexity index is 822. The van der Waals surface area contributed by atoms with E-state index in [-0.39, 0.29) is 0 Å². The van der Waals surface area contributed by atoms with E-state index < -0.39 is 0 Å². The lowest BCUT2D eigenvalue weighted by Gasteiger charge is -2.07. The monoisotopic (exact) mass is 305 g/mol. The van der Waals surface area contributed by atoms with E-state index in [2.05, 4.69) is 36.4 Å². The molecule has 0 bridgehead atoms. The number of hydrogen-bond donors (Lipinski definition) is 1. The van der Waals surface area contributed by atoms with Crippen LogP contribution >= 0.6 is 0 Å². The first-order valence-corrected chi connectivity index (χ1v) is 6.86. The van der Waals surface area contributed by atoms with E-state index in [0.717, 1.165) is 11.4 Å². The summed E-state index contributed by atoms with van der Waals surface area (Å²) in [6, 6.07) is 19.1. The van der Waals surface area contributed by atoms with E-state index in [0.29, 0.717) is 11.9 Å². The topological polar surface area (TPSA) is 99.2 Å². The van der Waals surface area contributed by atoms with E-state index in [4.69, 9.17) is 0 Å². The predicted octanol–water partition coefficient (Wildman–Crippen LogP) is 1.38. The third-order valence-corrected chi connectivity index (χ3v) is 3.16. The normalized spacial score (nSPS) is 10.6. The van der Waals surface area contributed by atoms with Crippen molar-refractivity contribution in [1.82, 2.24) is 40.4 Å². The van der Waals surface area contributed by atoms with Crippen molar-refractivity contribution in [2.45, 2.75) is 0 Å². The van der Waals surface area contributed by atoms with Gasteiger partial charge in [-0.3, -0.25) is 5.32 Å². The van der Waals surface area contributed by atoms with Gasteiger partial charge < -0.3 is 0 Å². The summed E-state index contributed by atoms with van der Waals surface area (Å²) in [5.41, 5.74) is 1.66. The number of benzene rings is 2. The molecule has 2 aromatic carbocycles. The first kappa shape index (κ1) is 13.1. The second-order valence-corrected chi connectivity index (χ2v) is 4.62. The molecule has 112 valence electrons. The predicted molar refractivity (Wildman–Crippen MR) is 81.6 cm³/mol. The number of tetrazole rings is 2. The zero-order valence-corrected chi connectivity index (χ0v) is 11.9. The summed E-state index contributed by atoms with van der Waals surface area (Å²) in [4.78, 5) is 0. The molecule has 23 heavy (non-hydrogen) atoms. The molecule has 0 radical (unpaired) electrons. The van der Waals surface area contributed by atoms with Crippen LogP contribution in [0.15, 0.2) is 60.7 Å². The first-order chi connectivity index (χ1) is 11.4. The maximum absolute atomic E-state index is 3.98. The quantitative estimate of drug-likeness (QED) is 0.608. The highest BCUT2D eigenvalue weighted by Gasteiger charge is 2.13. The molecule has 9 heteroatoms. The largest absolute Gasteiger partial charge is 0.290 e. The molecule has 0 saturated carbocycles. The molecule has 4 rings (SSSR count). The fraction of sp³-hybridized carbons (Fsp3) is 0. The summed E-state index contributed by atoms with van der Waals surface area (Å²) >= 11 is 0. The van der Waals surface area contributed by atoms with E-state index in [1.165, 1.54) is 0 Å². The minimum atomic E-state index is 0.420. The summed E-state index contributed by atoms with van der Waals surface area (Å²) in [5.74, 6) is 0.839. The molecular weight excluding hydrogens is 294 g/mol. The lowest BCUT2D eigenvalue weighted by Crippen LogP contribution is -2.08. The Morgan fingerprint density at radius 1 is 0.609 bits per heavy atom. The lowest BCUT2D eigenvalue weighted by molar-refractivity contribution is 0.786. The second-order valence-electron chi connectivity index (χ2n) is 4.62. The molecule has 0 aliphatic rings. The molecule has 0 saturated heterocycles. The van der Waals surface area contributed by atoms with Gasteiger partial charge in [-0.15, -0.1) is 0 Å². The van der Waals surface area contributed by atoms with Crippen LogP contribution in [0.1, 0.15) is 0 Å². The number of rotatable bonds is 4. The van der Waals surface area contributed by atoms with E-state index in [1.54, 1.807) is 9.36 Å². The van der Waals surface area contributed by atoms with Crippen LogP contribution in [-0.4, -0.2) is 40.4 Å². The first-order valence-electron chi connectivity index (χ1n) is 6.86. The number of anilines is 2. The van der Waals surface area contributed by atoms with Crippen molar-refractivity contribution in [2.24, 2.45) is 0 Å². The number of nitrogens with one attached hydrogen (secondary N) is 1. The van der Waals surface area contributed by atoms with Crippen LogP contribution in [-0.2, 0) is 0 Å². The Labute approximate surface area is 130 Å². The molecule has 0 fully saturated rings. The molecule has 2 heterocycles. The third-order valence-electron chi connectivity index (χ3n) is 3.16. The molecule has 9 nitrogen and oxygen atoms in total. The average molecular weight is 305 g/mol. The SMILES string of the molecule is c1ccc(-n2nnnc2Nc2nnnn2-c2ccccc2)cc1.